The van der Waals surface area contributed by atoms with Gasteiger partial charge in [-0.25, -0.2) is 14.6 Å². The number of furan rings is 1. The summed E-state index contributed by atoms with van der Waals surface area (Å²) in [7, 11) is 0. The molecule has 2 heterocycles. The molecule has 0 unspecified atom stereocenters. The summed E-state index contributed by atoms with van der Waals surface area (Å²) in [6.07, 6.45) is 0. The van der Waals surface area contributed by atoms with Crippen molar-refractivity contribution in [2.75, 3.05) is 12.3 Å². The summed E-state index contributed by atoms with van der Waals surface area (Å²) in [5.41, 5.74) is 6.00. The van der Waals surface area contributed by atoms with E-state index in [9.17, 15) is 19.7 Å². The Balaban J connectivity index is 1.89. The molecule has 2 aromatic heterocycles. The Bertz CT molecular complexity index is 1170. The van der Waals surface area contributed by atoms with Crippen LogP contribution in [0.15, 0.2) is 22.6 Å². The topological polar surface area (TPSA) is 161 Å². The molecule has 0 bridgehead atoms. The quantitative estimate of drug-likeness (QED) is 0.360. The van der Waals surface area contributed by atoms with Crippen molar-refractivity contribution in [2.24, 2.45) is 0 Å². The molecule has 0 saturated carbocycles. The summed E-state index contributed by atoms with van der Waals surface area (Å²) in [5.74, 6) is -1.30. The molecule has 0 aliphatic heterocycles. The number of nitrogen functional groups attached to an aromatic ring is 1. The van der Waals surface area contributed by atoms with E-state index < -0.39 is 23.5 Å². The number of nitrogens with two attached hydrogens (primary N) is 1. The summed E-state index contributed by atoms with van der Waals surface area (Å²) in [6.45, 7) is 4.56. The fraction of sp³-hybridized carbons (Fsp3) is 0.263. The number of nitrogens with zero attached hydrogens (tertiary/aromatic N) is 3. The summed E-state index contributed by atoms with van der Waals surface area (Å²) >= 11 is 0. The molecule has 2 N–H and O–H groups in total. The van der Waals surface area contributed by atoms with Crippen molar-refractivity contribution in [3.8, 4) is 0 Å². The second-order valence-corrected chi connectivity index (χ2v) is 6.26. The van der Waals surface area contributed by atoms with E-state index in [4.69, 9.17) is 19.6 Å². The molecule has 3 aromatic rings. The van der Waals surface area contributed by atoms with Gasteiger partial charge in [-0.1, -0.05) is 12.1 Å². The van der Waals surface area contributed by atoms with Crippen LogP contribution in [0.3, 0.4) is 0 Å². The van der Waals surface area contributed by atoms with Crippen LogP contribution in [-0.4, -0.2) is 33.4 Å². The zero-order valence-electron chi connectivity index (χ0n) is 16.4. The van der Waals surface area contributed by atoms with Crippen LogP contribution in [0.2, 0.25) is 0 Å². The molecule has 0 aliphatic carbocycles. The van der Waals surface area contributed by atoms with Crippen LogP contribution in [0, 0.1) is 24.0 Å². The van der Waals surface area contributed by atoms with Crippen molar-refractivity contribution < 1.29 is 28.4 Å². The van der Waals surface area contributed by atoms with Gasteiger partial charge < -0.3 is 19.6 Å². The highest BCUT2D eigenvalue weighted by molar-refractivity contribution is 6.07. The molecule has 0 atom stereocenters. The number of anilines is 1. The Kier molecular flexibility index (Phi) is 5.63. The molecule has 3 rings (SSSR count). The average Bonchev–Trinajstić information content (AvgIpc) is 3.02. The molecule has 1 aromatic carbocycles. The van der Waals surface area contributed by atoms with Crippen molar-refractivity contribution in [1.82, 2.24) is 9.97 Å². The number of aryl methyl sites for hydroxylation is 2. The Morgan fingerprint density at radius 1 is 1.17 bits per heavy atom. The predicted molar refractivity (Wildman–Crippen MR) is 104 cm³/mol. The number of nitro groups is 1. The standard InChI is InChI=1S/C19H18N4O7/c1-4-28-19(25)14-10(3)30-17-15(14)16(20)21-12(22-17)8-29-18(24)13-9(2)6-5-7-11(13)23(26)27/h5-7H,4,8H2,1-3H3,(H2,20,21,22). The first kappa shape index (κ1) is 20.7. The van der Waals surface area contributed by atoms with E-state index in [1.807, 2.05) is 0 Å². The number of hydrogen-bond donors (Lipinski definition) is 1. The van der Waals surface area contributed by atoms with Gasteiger partial charge in [0.2, 0.25) is 5.71 Å². The lowest BCUT2D eigenvalue weighted by molar-refractivity contribution is -0.385. The Morgan fingerprint density at radius 2 is 1.87 bits per heavy atom. The number of esters is 2. The molecule has 0 saturated heterocycles. The molecule has 11 nitrogen and oxygen atoms in total. The van der Waals surface area contributed by atoms with Crippen molar-refractivity contribution in [1.29, 1.82) is 0 Å². The van der Waals surface area contributed by atoms with Crippen LogP contribution in [0.4, 0.5) is 11.5 Å². The van der Waals surface area contributed by atoms with Crippen LogP contribution >= 0.6 is 0 Å². The van der Waals surface area contributed by atoms with E-state index >= 15 is 0 Å². The highest BCUT2D eigenvalue weighted by atomic mass is 16.6. The number of aromatic nitrogens is 2. The van der Waals surface area contributed by atoms with Crippen molar-refractivity contribution in [2.45, 2.75) is 27.4 Å². The number of carbonyl (C=O) groups is 2. The van der Waals surface area contributed by atoms with Crippen LogP contribution in [0.5, 0.6) is 0 Å². The fourth-order valence-electron chi connectivity index (χ4n) is 2.97. The Morgan fingerprint density at radius 3 is 2.53 bits per heavy atom. The van der Waals surface area contributed by atoms with Gasteiger partial charge in [-0.15, -0.1) is 0 Å². The maximum Gasteiger partial charge on any atom is 0.345 e. The molecule has 0 radical (unpaired) electrons. The minimum Gasteiger partial charge on any atom is -0.462 e. The minimum absolute atomic E-state index is 0.00810. The molecule has 0 fully saturated rings. The predicted octanol–water partition coefficient (Wildman–Crippen LogP) is 2.86. The zero-order chi connectivity index (χ0) is 22.0. The molecular weight excluding hydrogens is 396 g/mol. The SMILES string of the molecule is CCOC(=O)c1c(C)oc2nc(COC(=O)c3c(C)cccc3[N+](=O)[O-])nc(N)c12. The number of nitro benzene ring substituents is 1. The number of carbonyl (C=O) groups excluding carboxylic acids is 2. The normalized spacial score (nSPS) is 10.8. The molecule has 0 amide bonds. The van der Waals surface area contributed by atoms with Gasteiger partial charge in [0, 0.05) is 6.07 Å². The third-order valence-electron chi connectivity index (χ3n) is 4.27. The molecule has 0 aliphatic rings. The number of fused-ring (bicyclic) bond motifs is 1. The van der Waals surface area contributed by atoms with Crippen molar-refractivity contribution in [3.63, 3.8) is 0 Å². The van der Waals surface area contributed by atoms with Gasteiger partial charge in [0.25, 0.3) is 5.69 Å². The van der Waals surface area contributed by atoms with Crippen LogP contribution in [0.1, 0.15) is 44.8 Å². The summed E-state index contributed by atoms with van der Waals surface area (Å²) in [5, 5.41) is 11.4. The van der Waals surface area contributed by atoms with Crippen molar-refractivity contribution >= 4 is 34.5 Å². The van der Waals surface area contributed by atoms with Crippen LogP contribution in [0.25, 0.3) is 11.1 Å². The summed E-state index contributed by atoms with van der Waals surface area (Å²) in [4.78, 5) is 43.3. The van der Waals surface area contributed by atoms with E-state index in [0.717, 1.165) is 0 Å². The fourth-order valence-corrected chi connectivity index (χ4v) is 2.97. The van der Waals surface area contributed by atoms with Crippen LogP contribution < -0.4 is 5.73 Å². The third kappa shape index (κ3) is 3.77. The van der Waals surface area contributed by atoms with Gasteiger partial charge in [-0.3, -0.25) is 10.1 Å². The summed E-state index contributed by atoms with van der Waals surface area (Å²) < 4.78 is 15.6. The monoisotopic (exact) mass is 414 g/mol. The lowest BCUT2D eigenvalue weighted by Gasteiger charge is -2.08. The van der Waals surface area contributed by atoms with Crippen molar-refractivity contribution in [3.05, 3.63) is 56.6 Å². The molecule has 11 heteroatoms. The molecule has 30 heavy (non-hydrogen) atoms. The lowest BCUT2D eigenvalue weighted by atomic mass is 10.1. The first-order valence-electron chi connectivity index (χ1n) is 8.88. The molecule has 0 spiro atoms. The van der Waals surface area contributed by atoms with Gasteiger partial charge in [-0.05, 0) is 26.3 Å². The highest BCUT2D eigenvalue weighted by Crippen LogP contribution is 2.29. The second-order valence-electron chi connectivity index (χ2n) is 6.26. The number of hydrogen-bond acceptors (Lipinski definition) is 10. The van der Waals surface area contributed by atoms with Gasteiger partial charge >= 0.3 is 11.9 Å². The number of ether oxygens (including phenoxy) is 2. The smallest absolute Gasteiger partial charge is 0.345 e. The number of rotatable bonds is 6. The second kappa shape index (κ2) is 8.15. The first-order chi connectivity index (χ1) is 14.2. The third-order valence-corrected chi connectivity index (χ3v) is 4.27. The summed E-state index contributed by atoms with van der Waals surface area (Å²) in [6, 6.07) is 4.25. The Hall–Kier alpha value is -4.02. The van der Waals surface area contributed by atoms with E-state index in [0.29, 0.717) is 5.56 Å². The van der Waals surface area contributed by atoms with E-state index in [1.54, 1.807) is 26.8 Å². The van der Waals surface area contributed by atoms with Crippen LogP contribution in [-0.2, 0) is 16.1 Å². The zero-order valence-corrected chi connectivity index (χ0v) is 16.4. The number of benzene rings is 1. The van der Waals surface area contributed by atoms with E-state index in [-0.39, 0.29) is 51.9 Å². The highest BCUT2D eigenvalue weighted by Gasteiger charge is 2.26. The lowest BCUT2D eigenvalue weighted by Crippen LogP contribution is -2.12. The average molecular weight is 414 g/mol. The maximum atomic E-state index is 12.4. The largest absolute Gasteiger partial charge is 0.462 e. The Labute approximate surface area is 170 Å². The van der Waals surface area contributed by atoms with E-state index in [2.05, 4.69) is 9.97 Å². The van der Waals surface area contributed by atoms with Gasteiger partial charge in [0.15, 0.2) is 12.4 Å². The first-order valence-corrected chi connectivity index (χ1v) is 8.88. The van der Waals surface area contributed by atoms with Gasteiger partial charge in [-0.2, -0.15) is 4.98 Å². The minimum atomic E-state index is -0.898. The van der Waals surface area contributed by atoms with Gasteiger partial charge in [0.05, 0.1) is 16.9 Å². The van der Waals surface area contributed by atoms with Gasteiger partial charge in [0.1, 0.15) is 22.7 Å². The maximum absolute atomic E-state index is 12.4. The van der Waals surface area contributed by atoms with E-state index in [1.165, 1.54) is 12.1 Å². The molecule has 156 valence electrons. The molecular formula is C19H18N4O7.